The van der Waals surface area contributed by atoms with Crippen LogP contribution in [0.4, 0.5) is 0 Å². The maximum atomic E-state index is 6.29. The molecule has 1 heterocycles. The molecule has 5 heteroatoms. The van der Waals surface area contributed by atoms with Crippen molar-refractivity contribution >= 4 is 23.2 Å². The third-order valence-corrected chi connectivity index (χ3v) is 4.43. The highest BCUT2D eigenvalue weighted by atomic mass is 35.5. The Morgan fingerprint density at radius 2 is 2.00 bits per heavy atom. The number of nitrogens with two attached hydrogens (primary N) is 1. The number of rotatable bonds is 3. The normalized spacial score (nSPS) is 18.7. The molecule has 0 aromatic heterocycles. The maximum Gasteiger partial charge on any atom is 0.122 e. The van der Waals surface area contributed by atoms with E-state index in [-0.39, 0.29) is 12.0 Å². The van der Waals surface area contributed by atoms with Crippen LogP contribution >= 0.6 is 23.2 Å². The Hall–Kier alpha value is -1.26. The van der Waals surface area contributed by atoms with E-state index in [4.69, 9.17) is 33.8 Å². The number of ether oxygens (including phenoxy) is 1. The van der Waals surface area contributed by atoms with Crippen molar-refractivity contribution in [2.45, 2.75) is 12.5 Å². The monoisotopic (exact) mass is 322 g/mol. The van der Waals surface area contributed by atoms with Crippen LogP contribution < -0.4 is 16.0 Å². The van der Waals surface area contributed by atoms with E-state index in [1.54, 1.807) is 12.1 Å². The lowest BCUT2D eigenvalue weighted by Gasteiger charge is -2.32. The molecule has 2 unspecified atom stereocenters. The second-order valence-electron chi connectivity index (χ2n) is 5.19. The van der Waals surface area contributed by atoms with Gasteiger partial charge in [0.1, 0.15) is 5.75 Å². The number of fused-ring (bicyclic) bond motifs is 1. The Labute approximate surface area is 134 Å². The summed E-state index contributed by atoms with van der Waals surface area (Å²) in [6, 6.07) is 13.4. The quantitative estimate of drug-likeness (QED) is 0.668. The van der Waals surface area contributed by atoms with Gasteiger partial charge in [0.2, 0.25) is 0 Å². The van der Waals surface area contributed by atoms with Gasteiger partial charge in [-0.15, -0.1) is 0 Å². The number of hydrazine groups is 1. The highest BCUT2D eigenvalue weighted by Gasteiger charge is 2.29. The lowest BCUT2D eigenvalue weighted by atomic mass is 9.87. The Balaban J connectivity index is 1.90. The fourth-order valence-electron chi connectivity index (χ4n) is 2.80. The van der Waals surface area contributed by atoms with Crippen molar-refractivity contribution in [2.24, 2.45) is 11.8 Å². The van der Waals surface area contributed by atoms with E-state index < -0.39 is 0 Å². The molecule has 3 N–H and O–H groups in total. The third kappa shape index (κ3) is 3.01. The molecule has 21 heavy (non-hydrogen) atoms. The van der Waals surface area contributed by atoms with Gasteiger partial charge in [0.25, 0.3) is 0 Å². The Kier molecular flexibility index (Phi) is 4.36. The summed E-state index contributed by atoms with van der Waals surface area (Å²) >= 11 is 12.4. The Bertz CT molecular complexity index is 648. The number of hydrogen-bond acceptors (Lipinski definition) is 3. The van der Waals surface area contributed by atoms with E-state index in [1.165, 1.54) is 5.56 Å². The summed E-state index contributed by atoms with van der Waals surface area (Å²) in [4.78, 5) is 0. The van der Waals surface area contributed by atoms with Gasteiger partial charge in [-0.3, -0.25) is 11.3 Å². The Morgan fingerprint density at radius 1 is 1.19 bits per heavy atom. The minimum Gasteiger partial charge on any atom is -0.493 e. The smallest absolute Gasteiger partial charge is 0.122 e. The fraction of sp³-hybridized carbons (Fsp3) is 0.250. The summed E-state index contributed by atoms with van der Waals surface area (Å²) in [5, 5.41) is 1.30. The minimum absolute atomic E-state index is 0.107. The molecule has 0 amide bonds. The van der Waals surface area contributed by atoms with Crippen molar-refractivity contribution in [1.29, 1.82) is 0 Å². The van der Waals surface area contributed by atoms with Crippen LogP contribution in [0, 0.1) is 5.92 Å². The van der Waals surface area contributed by atoms with Crippen molar-refractivity contribution in [3.05, 3.63) is 63.6 Å². The first-order valence-electron chi connectivity index (χ1n) is 6.81. The van der Waals surface area contributed by atoms with E-state index in [9.17, 15) is 0 Å². The van der Waals surface area contributed by atoms with Crippen molar-refractivity contribution in [3.63, 3.8) is 0 Å². The molecular weight excluding hydrogens is 307 g/mol. The van der Waals surface area contributed by atoms with Crippen LogP contribution in [0.25, 0.3) is 0 Å². The average molecular weight is 323 g/mol. The molecule has 1 aliphatic heterocycles. The third-order valence-electron chi connectivity index (χ3n) is 3.85. The van der Waals surface area contributed by atoms with Gasteiger partial charge in [-0.05, 0) is 41.8 Å². The standard InChI is InChI=1S/C16H16Cl2N2O/c17-12-5-6-14(18)13(8-12)16(20-19)11-7-10-3-1-2-4-15(10)21-9-11/h1-6,8,11,16,20H,7,9,19H2. The summed E-state index contributed by atoms with van der Waals surface area (Å²) in [5.41, 5.74) is 4.95. The van der Waals surface area contributed by atoms with Gasteiger partial charge in [0.05, 0.1) is 12.6 Å². The van der Waals surface area contributed by atoms with Gasteiger partial charge in [0.15, 0.2) is 0 Å². The number of para-hydroxylation sites is 1. The molecule has 0 saturated heterocycles. The van der Waals surface area contributed by atoms with Gasteiger partial charge >= 0.3 is 0 Å². The fourth-order valence-corrected chi connectivity index (χ4v) is 3.21. The van der Waals surface area contributed by atoms with Crippen molar-refractivity contribution in [1.82, 2.24) is 5.43 Å². The molecule has 0 fully saturated rings. The van der Waals surface area contributed by atoms with E-state index in [2.05, 4.69) is 11.5 Å². The van der Waals surface area contributed by atoms with Gasteiger partial charge in [-0.1, -0.05) is 41.4 Å². The van der Waals surface area contributed by atoms with Gasteiger partial charge in [0, 0.05) is 16.0 Å². The summed E-state index contributed by atoms with van der Waals surface area (Å²) in [5.74, 6) is 6.91. The van der Waals surface area contributed by atoms with Gasteiger partial charge in [-0.25, -0.2) is 0 Å². The maximum absolute atomic E-state index is 6.29. The second-order valence-corrected chi connectivity index (χ2v) is 6.04. The van der Waals surface area contributed by atoms with Crippen LogP contribution in [0.5, 0.6) is 5.75 Å². The van der Waals surface area contributed by atoms with Crippen molar-refractivity contribution in [2.75, 3.05) is 6.61 Å². The summed E-state index contributed by atoms with van der Waals surface area (Å²) in [6.07, 6.45) is 0.883. The topological polar surface area (TPSA) is 47.3 Å². The molecule has 0 spiro atoms. The highest BCUT2D eigenvalue weighted by Crippen LogP contribution is 2.36. The number of nitrogens with one attached hydrogen (secondary N) is 1. The predicted molar refractivity (Wildman–Crippen MR) is 85.7 cm³/mol. The molecule has 2 aromatic carbocycles. The van der Waals surface area contributed by atoms with Crippen LogP contribution in [-0.2, 0) is 6.42 Å². The molecule has 0 aliphatic carbocycles. The molecular formula is C16H16Cl2N2O. The van der Waals surface area contributed by atoms with Crippen LogP contribution in [0.15, 0.2) is 42.5 Å². The lowest BCUT2D eigenvalue weighted by Crippen LogP contribution is -2.38. The highest BCUT2D eigenvalue weighted by molar-refractivity contribution is 6.33. The molecule has 0 bridgehead atoms. The number of hydrogen-bond donors (Lipinski definition) is 2. The first kappa shape index (κ1) is 14.7. The second kappa shape index (κ2) is 6.24. The zero-order valence-electron chi connectivity index (χ0n) is 11.4. The summed E-state index contributed by atoms with van der Waals surface area (Å²) in [7, 11) is 0. The zero-order chi connectivity index (χ0) is 14.8. The molecule has 3 nitrogen and oxygen atoms in total. The SMILES string of the molecule is NNC(c1cc(Cl)ccc1Cl)C1COc2ccccc2C1. The van der Waals surface area contributed by atoms with E-state index >= 15 is 0 Å². The molecule has 0 radical (unpaired) electrons. The minimum atomic E-state index is -0.107. The van der Waals surface area contributed by atoms with E-state index in [0.29, 0.717) is 16.7 Å². The molecule has 0 saturated carbocycles. The van der Waals surface area contributed by atoms with Gasteiger partial charge < -0.3 is 4.74 Å². The van der Waals surface area contributed by atoms with E-state index in [0.717, 1.165) is 17.7 Å². The largest absolute Gasteiger partial charge is 0.493 e. The lowest BCUT2D eigenvalue weighted by molar-refractivity contribution is 0.185. The van der Waals surface area contributed by atoms with Crippen molar-refractivity contribution in [3.8, 4) is 5.75 Å². The predicted octanol–water partition coefficient (Wildman–Crippen LogP) is 3.75. The molecule has 110 valence electrons. The number of benzene rings is 2. The van der Waals surface area contributed by atoms with Crippen molar-refractivity contribution < 1.29 is 4.74 Å². The van der Waals surface area contributed by atoms with Crippen LogP contribution in [-0.4, -0.2) is 6.61 Å². The van der Waals surface area contributed by atoms with Crippen LogP contribution in [0.2, 0.25) is 10.0 Å². The van der Waals surface area contributed by atoms with Gasteiger partial charge in [-0.2, -0.15) is 0 Å². The number of halogens is 2. The molecule has 3 rings (SSSR count). The van der Waals surface area contributed by atoms with Crippen LogP contribution in [0.3, 0.4) is 0 Å². The first-order valence-corrected chi connectivity index (χ1v) is 7.56. The zero-order valence-corrected chi connectivity index (χ0v) is 12.9. The molecule has 2 aromatic rings. The first-order chi connectivity index (χ1) is 10.2. The molecule has 1 aliphatic rings. The molecule has 2 atom stereocenters. The van der Waals surface area contributed by atoms with E-state index in [1.807, 2.05) is 24.3 Å². The average Bonchev–Trinajstić information content (AvgIpc) is 2.51. The van der Waals surface area contributed by atoms with Crippen LogP contribution in [0.1, 0.15) is 17.2 Å². The Morgan fingerprint density at radius 3 is 2.81 bits per heavy atom. The summed E-state index contributed by atoms with van der Waals surface area (Å²) in [6.45, 7) is 0.592. The summed E-state index contributed by atoms with van der Waals surface area (Å²) < 4.78 is 5.84.